The van der Waals surface area contributed by atoms with Crippen LogP contribution in [-0.2, 0) is 0 Å². The maximum Gasteiger partial charge on any atom is 0.301 e. The quantitative estimate of drug-likeness (QED) is 0.265. The predicted molar refractivity (Wildman–Crippen MR) is 115 cm³/mol. The van der Waals surface area contributed by atoms with E-state index in [2.05, 4.69) is 37.4 Å². The molecule has 0 aromatic heterocycles. The molecule has 154 valence electrons. The summed E-state index contributed by atoms with van der Waals surface area (Å²) in [6.07, 6.45) is 11.0. The minimum absolute atomic E-state index is 0.0863. The average molecular weight is 398 g/mol. The van der Waals surface area contributed by atoms with E-state index < -0.39 is 15.5 Å². The largest absolute Gasteiger partial charge is 0.301 e. The number of rotatable bonds is 7. The van der Waals surface area contributed by atoms with Gasteiger partial charge in [-0.05, 0) is 61.8 Å². The Morgan fingerprint density at radius 2 is 1.97 bits per heavy atom. The van der Waals surface area contributed by atoms with Crippen LogP contribution < -0.4 is 5.43 Å². The van der Waals surface area contributed by atoms with E-state index in [0.717, 1.165) is 18.1 Å². The molecule has 0 fully saturated rings. The minimum atomic E-state index is -0.684. The van der Waals surface area contributed by atoms with Crippen LogP contribution in [0, 0.1) is 25.6 Å². The molecule has 1 N–H and O–H groups in total. The lowest BCUT2D eigenvalue weighted by Gasteiger charge is -2.32. The summed E-state index contributed by atoms with van der Waals surface area (Å²) in [5.74, 6) is 0. The Morgan fingerprint density at radius 3 is 2.59 bits per heavy atom. The van der Waals surface area contributed by atoms with Crippen LogP contribution in [0.3, 0.4) is 0 Å². The Labute approximate surface area is 170 Å². The molecule has 8 nitrogen and oxygen atoms in total. The van der Waals surface area contributed by atoms with E-state index >= 15 is 0 Å². The van der Waals surface area contributed by atoms with Gasteiger partial charge in [0.25, 0.3) is 5.69 Å². The van der Waals surface area contributed by atoms with E-state index in [-0.39, 0.29) is 16.8 Å². The molecule has 2 rings (SSSR count). The minimum Gasteiger partial charge on any atom is -0.272 e. The number of nitro benzene ring substituents is 2. The SMILES string of the molecule is CC(C=CC1=C(C)CCCC1(C)C)=CC=NNc1ccc([N+](=O)[O-])cc1[N+](=O)[O-]. The van der Waals surface area contributed by atoms with E-state index in [1.165, 1.54) is 42.3 Å². The van der Waals surface area contributed by atoms with Crippen LogP contribution in [0.2, 0.25) is 0 Å². The topological polar surface area (TPSA) is 111 Å². The van der Waals surface area contributed by atoms with Crippen molar-refractivity contribution in [3.8, 4) is 0 Å². The Morgan fingerprint density at radius 1 is 1.24 bits per heavy atom. The van der Waals surface area contributed by atoms with Crippen LogP contribution in [0.1, 0.15) is 47.0 Å². The number of non-ortho nitro benzene ring substituents is 1. The molecule has 0 spiro atoms. The van der Waals surface area contributed by atoms with Gasteiger partial charge >= 0.3 is 5.69 Å². The maximum absolute atomic E-state index is 11.1. The monoisotopic (exact) mass is 398 g/mol. The second-order valence-electron chi connectivity index (χ2n) is 7.78. The number of hydrazone groups is 1. The van der Waals surface area contributed by atoms with Gasteiger partial charge in [-0.25, -0.2) is 0 Å². The van der Waals surface area contributed by atoms with Crippen molar-refractivity contribution in [2.75, 3.05) is 5.43 Å². The van der Waals surface area contributed by atoms with Gasteiger partial charge in [-0.1, -0.05) is 31.6 Å². The van der Waals surface area contributed by atoms with Gasteiger partial charge in [0.05, 0.1) is 15.9 Å². The third-order valence-electron chi connectivity index (χ3n) is 5.04. The first-order valence-electron chi connectivity index (χ1n) is 9.39. The lowest BCUT2D eigenvalue weighted by atomic mass is 9.72. The second kappa shape index (κ2) is 9.27. The highest BCUT2D eigenvalue weighted by atomic mass is 16.6. The van der Waals surface area contributed by atoms with Gasteiger partial charge < -0.3 is 0 Å². The molecule has 8 heteroatoms. The summed E-state index contributed by atoms with van der Waals surface area (Å²) >= 11 is 0. The van der Waals surface area contributed by atoms with Gasteiger partial charge in [-0.2, -0.15) is 5.10 Å². The van der Waals surface area contributed by atoms with E-state index in [0.29, 0.717) is 0 Å². The molecule has 0 radical (unpaired) electrons. The second-order valence-corrected chi connectivity index (χ2v) is 7.78. The van der Waals surface area contributed by atoms with E-state index in [4.69, 9.17) is 0 Å². The summed E-state index contributed by atoms with van der Waals surface area (Å²) in [5, 5.41) is 25.9. The fraction of sp³-hybridized carbons (Fsp3) is 0.381. The Balaban J connectivity index is 2.08. The molecule has 0 amide bonds. The molecule has 0 unspecified atom stereocenters. The molecule has 0 atom stereocenters. The Kier molecular flexibility index (Phi) is 7.03. The van der Waals surface area contributed by atoms with Gasteiger partial charge in [-0.15, -0.1) is 0 Å². The summed E-state index contributed by atoms with van der Waals surface area (Å²) in [6, 6.07) is 3.37. The molecule has 1 aromatic rings. The zero-order valence-corrected chi connectivity index (χ0v) is 17.1. The van der Waals surface area contributed by atoms with Gasteiger partial charge in [0, 0.05) is 12.3 Å². The summed E-state index contributed by atoms with van der Waals surface area (Å²) < 4.78 is 0. The van der Waals surface area contributed by atoms with Crippen molar-refractivity contribution in [1.29, 1.82) is 0 Å². The molecular formula is C21H26N4O4. The zero-order valence-electron chi connectivity index (χ0n) is 17.1. The number of anilines is 1. The highest BCUT2D eigenvalue weighted by Crippen LogP contribution is 2.40. The highest BCUT2D eigenvalue weighted by Gasteiger charge is 2.26. The molecule has 1 aliphatic rings. The number of allylic oxidation sites excluding steroid dienone is 6. The molecule has 0 saturated heterocycles. The number of nitrogens with one attached hydrogen (secondary N) is 1. The molecule has 0 saturated carbocycles. The molecule has 0 heterocycles. The van der Waals surface area contributed by atoms with Crippen molar-refractivity contribution in [3.63, 3.8) is 0 Å². The van der Waals surface area contributed by atoms with Crippen molar-refractivity contribution in [3.05, 3.63) is 73.4 Å². The molecule has 0 bridgehead atoms. The summed E-state index contributed by atoms with van der Waals surface area (Å²) in [6.45, 7) is 8.65. The number of hydrogen-bond donors (Lipinski definition) is 1. The molecular weight excluding hydrogens is 372 g/mol. The first-order valence-corrected chi connectivity index (χ1v) is 9.39. The lowest BCUT2D eigenvalue weighted by molar-refractivity contribution is -0.393. The first-order chi connectivity index (χ1) is 13.6. The Hall–Kier alpha value is -3.29. The van der Waals surface area contributed by atoms with Crippen molar-refractivity contribution < 1.29 is 9.85 Å². The molecule has 1 aromatic carbocycles. The van der Waals surface area contributed by atoms with E-state index in [1.807, 2.05) is 13.0 Å². The summed E-state index contributed by atoms with van der Waals surface area (Å²) in [7, 11) is 0. The highest BCUT2D eigenvalue weighted by molar-refractivity contribution is 5.75. The number of nitro groups is 2. The van der Waals surface area contributed by atoms with Gasteiger partial charge in [-0.3, -0.25) is 25.7 Å². The van der Waals surface area contributed by atoms with Crippen LogP contribution in [0.15, 0.2) is 58.2 Å². The van der Waals surface area contributed by atoms with Crippen molar-refractivity contribution in [1.82, 2.24) is 0 Å². The third kappa shape index (κ3) is 5.84. The van der Waals surface area contributed by atoms with Gasteiger partial charge in [0.2, 0.25) is 0 Å². The molecule has 0 aliphatic heterocycles. The number of hydrogen-bond acceptors (Lipinski definition) is 6. The van der Waals surface area contributed by atoms with Crippen molar-refractivity contribution in [2.45, 2.75) is 47.0 Å². The van der Waals surface area contributed by atoms with Crippen LogP contribution in [0.25, 0.3) is 0 Å². The van der Waals surface area contributed by atoms with Crippen LogP contribution >= 0.6 is 0 Å². The summed E-state index contributed by atoms with van der Waals surface area (Å²) in [5.41, 5.74) is 5.85. The van der Waals surface area contributed by atoms with Gasteiger partial charge in [0.15, 0.2) is 0 Å². The van der Waals surface area contributed by atoms with Crippen molar-refractivity contribution >= 4 is 23.3 Å². The molecule has 29 heavy (non-hydrogen) atoms. The smallest absolute Gasteiger partial charge is 0.272 e. The molecule has 1 aliphatic carbocycles. The average Bonchev–Trinajstić information content (AvgIpc) is 2.64. The number of benzene rings is 1. The third-order valence-corrected chi connectivity index (χ3v) is 5.04. The predicted octanol–water partition coefficient (Wildman–Crippen LogP) is 5.93. The standard InChI is InChI=1S/C21H26N4O4/c1-15(7-9-18-16(2)6-5-12-21(18,3)4)11-13-22-23-19-10-8-17(24(26)27)14-20(19)25(28)29/h7-11,13-14,23H,5-6,12H2,1-4H3. The fourth-order valence-electron chi connectivity index (χ4n) is 3.42. The Bertz CT molecular complexity index is 927. The van der Waals surface area contributed by atoms with Crippen LogP contribution in [-0.4, -0.2) is 16.1 Å². The first kappa shape index (κ1) is 22.0. The zero-order chi connectivity index (χ0) is 21.6. The van der Waals surface area contributed by atoms with E-state index in [1.54, 1.807) is 6.08 Å². The van der Waals surface area contributed by atoms with Crippen molar-refractivity contribution in [2.24, 2.45) is 10.5 Å². The summed E-state index contributed by atoms with van der Waals surface area (Å²) in [4.78, 5) is 20.5. The van der Waals surface area contributed by atoms with Gasteiger partial charge in [0.1, 0.15) is 5.69 Å². The van der Waals surface area contributed by atoms with Crippen LogP contribution in [0.5, 0.6) is 0 Å². The normalized spacial score (nSPS) is 17.2. The maximum atomic E-state index is 11.1. The van der Waals surface area contributed by atoms with E-state index in [9.17, 15) is 20.2 Å². The fourth-order valence-corrected chi connectivity index (χ4v) is 3.42. The van der Waals surface area contributed by atoms with Crippen LogP contribution in [0.4, 0.5) is 17.1 Å². The lowest BCUT2D eigenvalue weighted by Crippen LogP contribution is -2.19. The number of nitrogens with zero attached hydrogens (tertiary/aromatic N) is 3.